The molecule has 0 aromatic heterocycles. The fourth-order valence-corrected chi connectivity index (χ4v) is 5.83. The van der Waals surface area contributed by atoms with E-state index >= 15 is 0 Å². The number of hydrogen-bond acceptors (Lipinski definition) is 4. The van der Waals surface area contributed by atoms with Gasteiger partial charge in [-0.3, -0.25) is 4.79 Å². The molecule has 0 saturated heterocycles. The topological polar surface area (TPSA) is 74.3 Å². The van der Waals surface area contributed by atoms with Gasteiger partial charge in [0.15, 0.2) is 9.44 Å². The van der Waals surface area contributed by atoms with Gasteiger partial charge in [-0.15, -0.1) is 0 Å². The molecule has 2 saturated carbocycles. The molecule has 0 heterocycles. The Kier molecular flexibility index (Phi) is 3.82. The largest absolute Gasteiger partial charge is 1.00 e. The Labute approximate surface area is 132 Å². The summed E-state index contributed by atoms with van der Waals surface area (Å²) in [6.07, 6.45) is 1.26. The SMILES string of the molecule is CC12CCC(C1(C)C)C(Br)(S(=O)(=O)[O-])C2=O.[Na+]. The average Bonchev–Trinajstić information content (AvgIpc) is 2.39. The minimum Gasteiger partial charge on any atom is -0.747 e. The van der Waals surface area contributed by atoms with E-state index in [2.05, 4.69) is 15.9 Å². The van der Waals surface area contributed by atoms with Crippen molar-refractivity contribution in [2.75, 3.05) is 0 Å². The van der Waals surface area contributed by atoms with Gasteiger partial charge in [-0.1, -0.05) is 36.7 Å². The number of fused-ring (bicyclic) bond motifs is 2. The van der Waals surface area contributed by atoms with Crippen LogP contribution in [0.5, 0.6) is 0 Å². The van der Waals surface area contributed by atoms with E-state index in [1.54, 1.807) is 6.92 Å². The number of carbonyl (C=O) groups excluding carboxylic acids is 1. The van der Waals surface area contributed by atoms with Crippen molar-refractivity contribution in [2.24, 2.45) is 16.7 Å². The summed E-state index contributed by atoms with van der Waals surface area (Å²) in [6, 6.07) is 0. The quantitative estimate of drug-likeness (QED) is 0.338. The third kappa shape index (κ3) is 1.61. The van der Waals surface area contributed by atoms with Crippen molar-refractivity contribution in [1.82, 2.24) is 0 Å². The van der Waals surface area contributed by atoms with Crippen LogP contribution in [0.2, 0.25) is 0 Å². The van der Waals surface area contributed by atoms with Gasteiger partial charge in [0.05, 0.1) is 0 Å². The molecule has 0 amide bonds. The zero-order valence-electron chi connectivity index (χ0n) is 10.4. The zero-order valence-corrected chi connectivity index (χ0v) is 14.8. The predicted octanol–water partition coefficient (Wildman–Crippen LogP) is -1.35. The number of hydrogen-bond donors (Lipinski definition) is 0. The number of rotatable bonds is 1. The van der Waals surface area contributed by atoms with E-state index in [1.165, 1.54) is 0 Å². The molecule has 0 aromatic carbocycles. The summed E-state index contributed by atoms with van der Waals surface area (Å²) in [5.74, 6) is -0.892. The first kappa shape index (κ1) is 16.1. The maximum absolute atomic E-state index is 12.2. The molecule has 92 valence electrons. The minimum absolute atomic E-state index is 0. The van der Waals surface area contributed by atoms with Gasteiger partial charge >= 0.3 is 29.6 Å². The third-order valence-electron chi connectivity index (χ3n) is 4.85. The fourth-order valence-electron chi connectivity index (χ4n) is 3.38. The third-order valence-corrected chi connectivity index (χ3v) is 8.15. The first-order valence-corrected chi connectivity index (χ1v) is 7.39. The van der Waals surface area contributed by atoms with Crippen LogP contribution in [-0.2, 0) is 14.9 Å². The Bertz CT molecular complexity index is 475. The Hall–Kier alpha value is 1.06. The van der Waals surface area contributed by atoms with Crippen molar-refractivity contribution in [1.29, 1.82) is 0 Å². The van der Waals surface area contributed by atoms with E-state index in [0.29, 0.717) is 12.8 Å². The molecule has 0 radical (unpaired) electrons. The van der Waals surface area contributed by atoms with E-state index in [4.69, 9.17) is 0 Å². The van der Waals surface area contributed by atoms with Crippen molar-refractivity contribution in [3.8, 4) is 0 Å². The van der Waals surface area contributed by atoms with Gasteiger partial charge in [0.1, 0.15) is 10.1 Å². The molecule has 2 fully saturated rings. The van der Waals surface area contributed by atoms with E-state index in [9.17, 15) is 17.8 Å². The molecule has 2 aliphatic carbocycles. The van der Waals surface area contributed by atoms with Crippen LogP contribution >= 0.6 is 15.9 Å². The number of carbonyl (C=O) groups is 1. The van der Waals surface area contributed by atoms with Crippen LogP contribution in [0.1, 0.15) is 33.6 Å². The van der Waals surface area contributed by atoms with Crippen LogP contribution in [-0.4, -0.2) is 22.4 Å². The summed E-state index contributed by atoms with van der Waals surface area (Å²) in [7, 11) is -4.67. The predicted molar refractivity (Wildman–Crippen MR) is 61.0 cm³/mol. The maximum Gasteiger partial charge on any atom is 1.00 e. The van der Waals surface area contributed by atoms with Gasteiger partial charge in [-0.25, -0.2) is 8.42 Å². The van der Waals surface area contributed by atoms with Crippen LogP contribution in [0, 0.1) is 16.7 Å². The summed E-state index contributed by atoms with van der Waals surface area (Å²) in [5.41, 5.74) is -1.16. The molecule has 0 spiro atoms. The molecule has 0 N–H and O–H groups in total. The summed E-state index contributed by atoms with van der Waals surface area (Å²) < 4.78 is 32.2. The summed E-state index contributed by atoms with van der Waals surface area (Å²) in [6.45, 7) is 5.51. The first-order chi connectivity index (χ1) is 6.99. The summed E-state index contributed by atoms with van der Waals surface area (Å²) >= 11 is 2.95. The van der Waals surface area contributed by atoms with E-state index in [-0.39, 0.29) is 29.6 Å². The van der Waals surface area contributed by atoms with Gasteiger partial charge in [-0.05, 0) is 18.3 Å². The van der Waals surface area contributed by atoms with Crippen LogP contribution in [0.25, 0.3) is 0 Å². The van der Waals surface area contributed by atoms with E-state index < -0.39 is 36.3 Å². The van der Waals surface area contributed by atoms with Gasteiger partial charge < -0.3 is 4.55 Å². The second-order valence-corrected chi connectivity index (χ2v) is 8.90. The normalized spacial score (nSPS) is 43.6. The molecule has 2 aliphatic rings. The van der Waals surface area contributed by atoms with Crippen LogP contribution in [0.4, 0.5) is 0 Å². The molecule has 4 nitrogen and oxygen atoms in total. The number of alkyl halides is 1. The Morgan fingerprint density at radius 3 is 2.06 bits per heavy atom. The van der Waals surface area contributed by atoms with Crippen LogP contribution in [0.3, 0.4) is 0 Å². The molecule has 17 heavy (non-hydrogen) atoms. The van der Waals surface area contributed by atoms with Crippen molar-refractivity contribution >= 4 is 31.8 Å². The smallest absolute Gasteiger partial charge is 0.747 e. The van der Waals surface area contributed by atoms with Crippen molar-refractivity contribution in [3.05, 3.63) is 0 Å². The summed E-state index contributed by atoms with van der Waals surface area (Å²) in [5, 5.41) is 0. The number of halogens is 1. The molecule has 0 aliphatic heterocycles. The van der Waals surface area contributed by atoms with Crippen molar-refractivity contribution in [2.45, 2.75) is 37.3 Å². The molecule has 2 bridgehead atoms. The van der Waals surface area contributed by atoms with Crippen LogP contribution in [0.15, 0.2) is 0 Å². The van der Waals surface area contributed by atoms with Crippen LogP contribution < -0.4 is 29.6 Å². The van der Waals surface area contributed by atoms with Gasteiger partial charge in [-0.2, -0.15) is 0 Å². The molecule has 0 aromatic rings. The Balaban J connectivity index is 0.00000144. The standard InChI is InChI=1S/C10H15BrO4S.Na/c1-8(2)6-4-5-9(8,3)7(12)10(6,11)16(13,14)15;/h6H,4-5H2,1-3H3,(H,13,14,15);/q;+1/p-1. The summed E-state index contributed by atoms with van der Waals surface area (Å²) in [4.78, 5) is 12.2. The van der Waals surface area contributed by atoms with E-state index in [0.717, 1.165) is 0 Å². The Morgan fingerprint density at radius 1 is 1.35 bits per heavy atom. The second kappa shape index (κ2) is 4.03. The number of Topliss-reactive ketones (excluding diaryl/α,β-unsaturated/α-hetero) is 1. The van der Waals surface area contributed by atoms with Gasteiger partial charge in [0.2, 0.25) is 0 Å². The molecular formula is C10H14BrNaO4S. The molecule has 3 unspecified atom stereocenters. The molecular weight excluding hydrogens is 319 g/mol. The van der Waals surface area contributed by atoms with Crippen molar-refractivity contribution < 1.29 is 47.3 Å². The monoisotopic (exact) mass is 332 g/mol. The van der Waals surface area contributed by atoms with Crippen molar-refractivity contribution in [3.63, 3.8) is 0 Å². The van der Waals surface area contributed by atoms with E-state index in [1.807, 2.05) is 13.8 Å². The molecule has 2 rings (SSSR count). The fraction of sp³-hybridized carbons (Fsp3) is 0.900. The minimum atomic E-state index is -4.67. The zero-order chi connectivity index (χ0) is 12.6. The van der Waals surface area contributed by atoms with Gasteiger partial charge in [0.25, 0.3) is 0 Å². The second-order valence-electron chi connectivity index (χ2n) is 5.57. The average molecular weight is 333 g/mol. The number of ketones is 1. The van der Waals surface area contributed by atoms with Gasteiger partial charge in [0, 0.05) is 11.3 Å². The maximum atomic E-state index is 12.2. The molecule has 3 atom stereocenters. The Morgan fingerprint density at radius 2 is 1.82 bits per heavy atom. The molecule has 7 heteroatoms. The first-order valence-electron chi connectivity index (χ1n) is 5.19.